The van der Waals surface area contributed by atoms with Gasteiger partial charge < -0.3 is 4.74 Å². The molecule has 0 unspecified atom stereocenters. The summed E-state index contributed by atoms with van der Waals surface area (Å²) in [7, 11) is 0. The summed E-state index contributed by atoms with van der Waals surface area (Å²) in [5.41, 5.74) is 3.50. The molecule has 30 heavy (non-hydrogen) atoms. The fraction of sp³-hybridized carbons (Fsp3) is 0.269. The van der Waals surface area contributed by atoms with Gasteiger partial charge in [0, 0.05) is 32.7 Å². The molecule has 0 saturated carbocycles. The molecule has 3 aromatic rings. The Morgan fingerprint density at radius 1 is 0.733 bits per heavy atom. The number of hydrogen-bond acceptors (Lipinski definition) is 4. The van der Waals surface area contributed by atoms with Crippen LogP contribution in [-0.4, -0.2) is 41.4 Å². The highest BCUT2D eigenvalue weighted by Crippen LogP contribution is 2.18. The zero-order valence-corrected chi connectivity index (χ0v) is 17.2. The molecule has 0 spiro atoms. The molecule has 1 heterocycles. The standard InChI is InChI=1S/C26H28N2O2/c29-26(30-21-24-14-8-3-9-15-24)25-20-27(18-22-10-4-1-5-11-22)16-17-28(25)19-23-12-6-2-7-13-23/h1-15,25H,16-21H2/t25-/m0/s1. The van der Waals surface area contributed by atoms with Gasteiger partial charge in [0.25, 0.3) is 0 Å². The van der Waals surface area contributed by atoms with Crippen molar-refractivity contribution in [3.8, 4) is 0 Å². The van der Waals surface area contributed by atoms with Crippen molar-refractivity contribution in [1.82, 2.24) is 9.80 Å². The largest absolute Gasteiger partial charge is 0.460 e. The molecule has 3 aromatic carbocycles. The van der Waals surface area contributed by atoms with E-state index in [4.69, 9.17) is 4.74 Å². The first kappa shape index (κ1) is 20.3. The molecule has 1 aliphatic rings. The van der Waals surface area contributed by atoms with E-state index >= 15 is 0 Å². The third kappa shape index (κ3) is 5.56. The van der Waals surface area contributed by atoms with Gasteiger partial charge in [-0.15, -0.1) is 0 Å². The van der Waals surface area contributed by atoms with Gasteiger partial charge >= 0.3 is 5.97 Å². The number of ether oxygens (including phenoxy) is 1. The van der Waals surface area contributed by atoms with E-state index in [2.05, 4.69) is 46.2 Å². The number of carbonyl (C=O) groups excluding carboxylic acids is 1. The van der Waals surface area contributed by atoms with Crippen molar-refractivity contribution in [2.24, 2.45) is 0 Å². The summed E-state index contributed by atoms with van der Waals surface area (Å²) >= 11 is 0. The van der Waals surface area contributed by atoms with Gasteiger partial charge in [-0.05, 0) is 16.7 Å². The number of rotatable bonds is 7. The van der Waals surface area contributed by atoms with Gasteiger partial charge in [-0.3, -0.25) is 14.6 Å². The maximum absolute atomic E-state index is 13.1. The molecule has 0 aliphatic carbocycles. The molecule has 154 valence electrons. The summed E-state index contributed by atoms with van der Waals surface area (Å²) in [5, 5.41) is 0. The average Bonchev–Trinajstić information content (AvgIpc) is 2.80. The number of nitrogens with zero attached hydrogens (tertiary/aromatic N) is 2. The highest BCUT2D eigenvalue weighted by Gasteiger charge is 2.33. The van der Waals surface area contributed by atoms with E-state index in [1.54, 1.807) is 0 Å². The minimum atomic E-state index is -0.272. The van der Waals surface area contributed by atoms with Gasteiger partial charge in [-0.2, -0.15) is 0 Å². The number of piperazine rings is 1. The highest BCUT2D eigenvalue weighted by atomic mass is 16.5. The Morgan fingerprint density at radius 2 is 1.27 bits per heavy atom. The summed E-state index contributed by atoms with van der Waals surface area (Å²) in [6, 6.07) is 30.4. The van der Waals surface area contributed by atoms with Gasteiger partial charge in [-0.25, -0.2) is 0 Å². The first-order valence-electron chi connectivity index (χ1n) is 10.5. The molecule has 1 aliphatic heterocycles. The monoisotopic (exact) mass is 400 g/mol. The topological polar surface area (TPSA) is 32.8 Å². The van der Waals surface area contributed by atoms with Crippen LogP contribution in [0.4, 0.5) is 0 Å². The zero-order chi connectivity index (χ0) is 20.6. The Hall–Kier alpha value is -2.95. The predicted molar refractivity (Wildman–Crippen MR) is 119 cm³/mol. The van der Waals surface area contributed by atoms with Gasteiger partial charge in [0.05, 0.1) is 0 Å². The average molecular weight is 401 g/mol. The molecule has 0 N–H and O–H groups in total. The van der Waals surface area contributed by atoms with Crippen molar-refractivity contribution in [1.29, 1.82) is 0 Å². The van der Waals surface area contributed by atoms with E-state index in [-0.39, 0.29) is 12.0 Å². The molecule has 0 aromatic heterocycles. The van der Waals surface area contributed by atoms with Crippen LogP contribution in [0, 0.1) is 0 Å². The lowest BCUT2D eigenvalue weighted by atomic mass is 10.1. The molecule has 0 bridgehead atoms. The van der Waals surface area contributed by atoms with Crippen LogP contribution in [0.2, 0.25) is 0 Å². The second-order valence-electron chi connectivity index (χ2n) is 7.79. The van der Waals surface area contributed by atoms with Crippen molar-refractivity contribution >= 4 is 5.97 Å². The maximum Gasteiger partial charge on any atom is 0.325 e. The van der Waals surface area contributed by atoms with Gasteiger partial charge in [0.2, 0.25) is 0 Å². The maximum atomic E-state index is 13.1. The summed E-state index contributed by atoms with van der Waals surface area (Å²) < 4.78 is 5.73. The number of esters is 1. The van der Waals surface area contributed by atoms with Crippen molar-refractivity contribution in [3.63, 3.8) is 0 Å². The third-order valence-electron chi connectivity index (χ3n) is 5.55. The lowest BCUT2D eigenvalue weighted by Crippen LogP contribution is -2.56. The van der Waals surface area contributed by atoms with E-state index in [1.807, 2.05) is 54.6 Å². The number of hydrogen-bond donors (Lipinski definition) is 0. The van der Waals surface area contributed by atoms with E-state index in [0.29, 0.717) is 13.2 Å². The van der Waals surface area contributed by atoms with Crippen LogP contribution in [0.25, 0.3) is 0 Å². The molecule has 4 nitrogen and oxygen atoms in total. The van der Waals surface area contributed by atoms with Crippen molar-refractivity contribution in [2.75, 3.05) is 19.6 Å². The van der Waals surface area contributed by atoms with Crippen LogP contribution in [-0.2, 0) is 29.2 Å². The Balaban J connectivity index is 1.44. The third-order valence-corrected chi connectivity index (χ3v) is 5.55. The Morgan fingerprint density at radius 3 is 1.87 bits per heavy atom. The van der Waals surface area contributed by atoms with Gasteiger partial charge in [0.15, 0.2) is 0 Å². The lowest BCUT2D eigenvalue weighted by molar-refractivity contribution is -0.154. The molecule has 4 rings (SSSR count). The highest BCUT2D eigenvalue weighted by molar-refractivity contribution is 5.76. The summed E-state index contributed by atoms with van der Waals surface area (Å²) in [6.45, 7) is 4.37. The first-order chi connectivity index (χ1) is 14.8. The molecule has 0 radical (unpaired) electrons. The van der Waals surface area contributed by atoms with E-state index in [1.165, 1.54) is 11.1 Å². The van der Waals surface area contributed by atoms with Crippen LogP contribution >= 0.6 is 0 Å². The SMILES string of the molecule is O=C(OCc1ccccc1)[C@@H]1CN(Cc2ccccc2)CCN1Cc1ccccc1. The minimum absolute atomic E-state index is 0.146. The second kappa shape index (κ2) is 10.2. The molecule has 1 fully saturated rings. The smallest absolute Gasteiger partial charge is 0.325 e. The van der Waals surface area contributed by atoms with Crippen LogP contribution in [0.15, 0.2) is 91.0 Å². The fourth-order valence-electron chi connectivity index (χ4n) is 3.92. The van der Waals surface area contributed by atoms with Gasteiger partial charge in [0.1, 0.15) is 12.6 Å². The molecular weight excluding hydrogens is 372 g/mol. The van der Waals surface area contributed by atoms with Crippen LogP contribution in [0.3, 0.4) is 0 Å². The van der Waals surface area contributed by atoms with Crippen LogP contribution in [0.1, 0.15) is 16.7 Å². The van der Waals surface area contributed by atoms with E-state index in [0.717, 1.165) is 31.7 Å². The Bertz CT molecular complexity index is 916. The number of carbonyl (C=O) groups is 1. The van der Waals surface area contributed by atoms with Gasteiger partial charge in [-0.1, -0.05) is 91.0 Å². The minimum Gasteiger partial charge on any atom is -0.460 e. The normalized spacial score (nSPS) is 17.5. The summed E-state index contributed by atoms with van der Waals surface area (Å²) in [4.78, 5) is 17.7. The van der Waals surface area contributed by atoms with Crippen LogP contribution in [0.5, 0.6) is 0 Å². The lowest BCUT2D eigenvalue weighted by Gasteiger charge is -2.40. The second-order valence-corrected chi connectivity index (χ2v) is 7.79. The van der Waals surface area contributed by atoms with E-state index < -0.39 is 0 Å². The van der Waals surface area contributed by atoms with Crippen molar-refractivity contribution in [2.45, 2.75) is 25.7 Å². The molecule has 1 saturated heterocycles. The fourth-order valence-corrected chi connectivity index (χ4v) is 3.92. The number of benzene rings is 3. The zero-order valence-electron chi connectivity index (χ0n) is 17.2. The Labute approximate surface area is 178 Å². The Kier molecular flexibility index (Phi) is 6.91. The predicted octanol–water partition coefficient (Wildman–Crippen LogP) is 4.12. The molecule has 0 amide bonds. The summed E-state index contributed by atoms with van der Waals surface area (Å²) in [6.07, 6.45) is 0. The molecule has 1 atom stereocenters. The van der Waals surface area contributed by atoms with Crippen molar-refractivity contribution < 1.29 is 9.53 Å². The molecular formula is C26H28N2O2. The van der Waals surface area contributed by atoms with Crippen molar-refractivity contribution in [3.05, 3.63) is 108 Å². The van der Waals surface area contributed by atoms with Crippen LogP contribution < -0.4 is 0 Å². The first-order valence-corrected chi connectivity index (χ1v) is 10.5. The van der Waals surface area contributed by atoms with E-state index in [9.17, 15) is 4.79 Å². The summed E-state index contributed by atoms with van der Waals surface area (Å²) in [5.74, 6) is -0.146. The quantitative estimate of drug-likeness (QED) is 0.559. The molecule has 4 heteroatoms.